The minimum Gasteiger partial charge on any atom is -0.452 e. The zero-order valence-electron chi connectivity index (χ0n) is 11.8. The number of nitro benzene ring substituents is 1. The number of nitrogens with zero attached hydrogens (tertiary/aromatic N) is 3. The van der Waals surface area contributed by atoms with Gasteiger partial charge >= 0.3 is 5.97 Å². The maximum Gasteiger partial charge on any atom is 0.345 e. The number of rotatable bonds is 5. The second-order valence-corrected chi connectivity index (χ2v) is 5.73. The minimum atomic E-state index is -0.881. The summed E-state index contributed by atoms with van der Waals surface area (Å²) < 4.78 is 9.98. The number of ether oxygens (including phenoxy) is 1. The van der Waals surface area contributed by atoms with Crippen LogP contribution < -0.4 is 0 Å². The highest BCUT2D eigenvalue weighted by Gasteiger charge is 2.22. The fourth-order valence-electron chi connectivity index (χ4n) is 1.86. The summed E-state index contributed by atoms with van der Waals surface area (Å²) >= 11 is 7.18. The Bertz CT molecular complexity index is 894. The van der Waals surface area contributed by atoms with Crippen molar-refractivity contribution in [2.75, 3.05) is 0 Å². The summed E-state index contributed by atoms with van der Waals surface area (Å²) in [5.74, 6) is -0.422. The normalized spacial score (nSPS) is 10.5. The van der Waals surface area contributed by atoms with E-state index in [1.165, 1.54) is 23.5 Å². The summed E-state index contributed by atoms with van der Waals surface area (Å²) in [6.07, 6.45) is 0. The first-order chi connectivity index (χ1) is 11.5. The lowest BCUT2D eigenvalue weighted by molar-refractivity contribution is -0.385. The summed E-state index contributed by atoms with van der Waals surface area (Å²) in [7, 11) is 0. The van der Waals surface area contributed by atoms with Crippen molar-refractivity contribution in [1.82, 2.24) is 10.1 Å². The third-order valence-electron chi connectivity index (χ3n) is 2.95. The number of esters is 1. The second kappa shape index (κ2) is 6.77. The van der Waals surface area contributed by atoms with Crippen LogP contribution in [0.5, 0.6) is 0 Å². The lowest BCUT2D eigenvalue weighted by atomic mass is 10.2. The summed E-state index contributed by atoms with van der Waals surface area (Å²) in [6.45, 7) is -0.296. The quantitative estimate of drug-likeness (QED) is 0.385. The van der Waals surface area contributed by atoms with Crippen molar-refractivity contribution in [3.63, 3.8) is 0 Å². The van der Waals surface area contributed by atoms with Gasteiger partial charge in [0.1, 0.15) is 5.56 Å². The van der Waals surface area contributed by atoms with E-state index in [2.05, 4.69) is 10.1 Å². The lowest BCUT2D eigenvalue weighted by Crippen LogP contribution is -2.08. The molecule has 0 fully saturated rings. The molecule has 0 aliphatic rings. The van der Waals surface area contributed by atoms with E-state index in [9.17, 15) is 14.9 Å². The van der Waals surface area contributed by atoms with Gasteiger partial charge in [-0.25, -0.2) is 4.79 Å². The van der Waals surface area contributed by atoms with Crippen molar-refractivity contribution in [2.24, 2.45) is 0 Å². The van der Waals surface area contributed by atoms with Gasteiger partial charge in [-0.3, -0.25) is 10.1 Å². The van der Waals surface area contributed by atoms with Gasteiger partial charge in [0.15, 0.2) is 6.61 Å². The Hall–Kier alpha value is -2.78. The predicted octanol–water partition coefficient (Wildman–Crippen LogP) is 3.72. The highest BCUT2D eigenvalue weighted by atomic mass is 35.5. The maximum absolute atomic E-state index is 12.0. The molecule has 2 heterocycles. The minimum absolute atomic E-state index is 0.0844. The Morgan fingerprint density at radius 2 is 2.25 bits per heavy atom. The van der Waals surface area contributed by atoms with Crippen LogP contribution in [0.25, 0.3) is 11.4 Å². The molecule has 0 N–H and O–H groups in total. The zero-order valence-corrected chi connectivity index (χ0v) is 13.4. The Morgan fingerprint density at radius 3 is 2.96 bits per heavy atom. The standard InChI is InChI=1S/C14H8ClN3O5S/c15-9-1-2-10(11(5-9)18(20)21)14(19)22-6-12-16-13(17-23-12)8-3-4-24-7-8/h1-5,7H,6H2. The van der Waals surface area contributed by atoms with E-state index >= 15 is 0 Å². The molecule has 0 aliphatic heterocycles. The first kappa shape index (κ1) is 16.1. The van der Waals surface area contributed by atoms with Crippen LogP contribution in [-0.2, 0) is 11.3 Å². The second-order valence-electron chi connectivity index (χ2n) is 4.52. The largest absolute Gasteiger partial charge is 0.452 e. The molecule has 3 aromatic rings. The van der Waals surface area contributed by atoms with Gasteiger partial charge in [-0.15, -0.1) is 0 Å². The van der Waals surface area contributed by atoms with Crippen LogP contribution in [0.1, 0.15) is 16.2 Å². The van der Waals surface area contributed by atoms with E-state index < -0.39 is 16.6 Å². The van der Waals surface area contributed by atoms with Gasteiger partial charge in [0.05, 0.1) is 4.92 Å². The average molecular weight is 366 g/mol. The molecule has 3 rings (SSSR count). The van der Waals surface area contributed by atoms with E-state index in [1.54, 1.807) is 0 Å². The molecule has 0 aliphatic carbocycles. The van der Waals surface area contributed by atoms with E-state index in [-0.39, 0.29) is 23.1 Å². The fraction of sp³-hybridized carbons (Fsp3) is 0.0714. The molecular weight excluding hydrogens is 358 g/mol. The SMILES string of the molecule is O=C(OCc1nc(-c2ccsc2)no1)c1ccc(Cl)cc1[N+](=O)[O-]. The molecule has 0 radical (unpaired) electrons. The van der Waals surface area contributed by atoms with E-state index in [1.807, 2.05) is 16.8 Å². The van der Waals surface area contributed by atoms with Gasteiger partial charge in [-0.2, -0.15) is 16.3 Å². The third kappa shape index (κ3) is 3.42. The Labute approximate surface area is 143 Å². The molecule has 0 amide bonds. The molecule has 0 spiro atoms. The Balaban J connectivity index is 1.71. The molecule has 0 bridgehead atoms. The highest BCUT2D eigenvalue weighted by molar-refractivity contribution is 7.08. The first-order valence-electron chi connectivity index (χ1n) is 6.51. The van der Waals surface area contributed by atoms with Gasteiger partial charge < -0.3 is 9.26 Å². The lowest BCUT2D eigenvalue weighted by Gasteiger charge is -2.03. The van der Waals surface area contributed by atoms with Gasteiger partial charge in [0.25, 0.3) is 11.6 Å². The zero-order chi connectivity index (χ0) is 17.1. The van der Waals surface area contributed by atoms with E-state index in [0.29, 0.717) is 5.82 Å². The molecule has 0 saturated carbocycles. The van der Waals surface area contributed by atoms with Crippen molar-refractivity contribution in [3.8, 4) is 11.4 Å². The highest BCUT2D eigenvalue weighted by Crippen LogP contribution is 2.24. The fourth-order valence-corrected chi connectivity index (χ4v) is 2.66. The number of hydrogen-bond acceptors (Lipinski definition) is 8. The van der Waals surface area contributed by atoms with Crippen LogP contribution in [0.2, 0.25) is 5.02 Å². The number of halogens is 1. The molecule has 8 nitrogen and oxygen atoms in total. The van der Waals surface area contributed by atoms with Crippen LogP contribution in [0.4, 0.5) is 5.69 Å². The van der Waals surface area contributed by atoms with Crippen molar-refractivity contribution < 1.29 is 19.0 Å². The molecule has 2 aromatic heterocycles. The summed E-state index contributed by atoms with van der Waals surface area (Å²) in [4.78, 5) is 26.4. The smallest absolute Gasteiger partial charge is 0.345 e. The number of carbonyl (C=O) groups is 1. The average Bonchev–Trinajstić information content (AvgIpc) is 3.23. The third-order valence-corrected chi connectivity index (χ3v) is 3.87. The number of benzene rings is 1. The van der Waals surface area contributed by atoms with E-state index in [4.69, 9.17) is 20.9 Å². The van der Waals surface area contributed by atoms with Gasteiger partial charge in [-0.1, -0.05) is 16.8 Å². The van der Waals surface area contributed by atoms with Gasteiger partial charge in [-0.05, 0) is 23.6 Å². The van der Waals surface area contributed by atoms with Gasteiger partial charge in [0.2, 0.25) is 5.82 Å². The van der Waals surface area contributed by atoms with Crippen molar-refractivity contribution in [1.29, 1.82) is 0 Å². The molecule has 10 heteroatoms. The molecule has 1 aromatic carbocycles. The van der Waals surface area contributed by atoms with Crippen molar-refractivity contribution in [2.45, 2.75) is 6.61 Å². The molecule has 0 atom stereocenters. The van der Waals surface area contributed by atoms with Gasteiger partial charge in [0, 0.05) is 22.0 Å². The van der Waals surface area contributed by atoms with Crippen LogP contribution in [0, 0.1) is 10.1 Å². The summed E-state index contributed by atoms with van der Waals surface area (Å²) in [5, 5.41) is 18.6. The van der Waals surface area contributed by atoms with E-state index in [0.717, 1.165) is 11.6 Å². The number of hydrogen-bond donors (Lipinski definition) is 0. The summed E-state index contributed by atoms with van der Waals surface area (Å²) in [5.41, 5.74) is 0.147. The first-order valence-corrected chi connectivity index (χ1v) is 7.83. The number of nitro groups is 1. The van der Waals surface area contributed by atoms with Crippen LogP contribution in [0.3, 0.4) is 0 Å². The Morgan fingerprint density at radius 1 is 1.42 bits per heavy atom. The molecular formula is C14H8ClN3O5S. The number of carbonyl (C=O) groups excluding carboxylic acids is 1. The van der Waals surface area contributed by atoms with Crippen LogP contribution in [0.15, 0.2) is 39.5 Å². The number of aromatic nitrogens is 2. The topological polar surface area (TPSA) is 108 Å². The molecule has 24 heavy (non-hydrogen) atoms. The monoisotopic (exact) mass is 365 g/mol. The van der Waals surface area contributed by atoms with Crippen LogP contribution in [-0.4, -0.2) is 21.0 Å². The Kier molecular flexibility index (Phi) is 4.54. The maximum atomic E-state index is 12.0. The number of thiophene rings is 1. The molecule has 0 unspecified atom stereocenters. The molecule has 0 saturated heterocycles. The van der Waals surface area contributed by atoms with Crippen molar-refractivity contribution >= 4 is 34.6 Å². The molecule has 122 valence electrons. The van der Waals surface area contributed by atoms with Crippen molar-refractivity contribution in [3.05, 3.63) is 61.6 Å². The summed E-state index contributed by atoms with van der Waals surface area (Å²) in [6, 6.07) is 5.50. The predicted molar refractivity (Wildman–Crippen MR) is 84.8 cm³/mol. The van der Waals surface area contributed by atoms with Crippen LogP contribution >= 0.6 is 22.9 Å².